The molecule has 0 aliphatic rings. The number of halogens is 1. The van der Waals surface area contributed by atoms with Crippen molar-refractivity contribution in [2.45, 2.75) is 13.3 Å². The zero-order valence-electron chi connectivity index (χ0n) is 11.3. The minimum atomic E-state index is -0.576. The first-order chi connectivity index (χ1) is 10.0. The van der Waals surface area contributed by atoms with Crippen LogP contribution in [-0.2, 0) is 20.7 Å². The van der Waals surface area contributed by atoms with E-state index in [2.05, 4.69) is 10.5 Å². The average Bonchev–Trinajstić information content (AvgIpc) is 2.84. The Bertz CT molecular complexity index is 637. The molecule has 7 heteroatoms. The van der Waals surface area contributed by atoms with Gasteiger partial charge in [-0.1, -0.05) is 17.3 Å². The van der Waals surface area contributed by atoms with Crippen molar-refractivity contribution in [2.24, 2.45) is 0 Å². The molecule has 21 heavy (non-hydrogen) atoms. The van der Waals surface area contributed by atoms with Crippen molar-refractivity contribution in [2.75, 3.05) is 11.9 Å². The van der Waals surface area contributed by atoms with Crippen molar-refractivity contribution in [3.63, 3.8) is 0 Å². The zero-order valence-corrected chi connectivity index (χ0v) is 11.3. The van der Waals surface area contributed by atoms with Crippen LogP contribution in [0, 0.1) is 12.7 Å². The lowest BCUT2D eigenvalue weighted by molar-refractivity contribution is -0.146. The number of nitrogens with zero attached hydrogens (tertiary/aromatic N) is 1. The highest BCUT2D eigenvalue weighted by atomic mass is 19.1. The summed E-state index contributed by atoms with van der Waals surface area (Å²) in [7, 11) is 0. The summed E-state index contributed by atoms with van der Waals surface area (Å²) in [6, 6.07) is 7.01. The lowest BCUT2D eigenvalue weighted by atomic mass is 10.1. The predicted molar refractivity (Wildman–Crippen MR) is 70.9 cm³/mol. The normalized spacial score (nSPS) is 10.2. The Morgan fingerprint density at radius 3 is 2.67 bits per heavy atom. The highest BCUT2D eigenvalue weighted by Crippen LogP contribution is 2.07. The third-order valence-corrected chi connectivity index (χ3v) is 2.52. The molecular weight excluding hydrogens is 279 g/mol. The SMILES string of the molecule is Cc1cc(NC(=O)COC(=O)Cc2ccc(F)cc2)no1. The number of esters is 1. The zero-order chi connectivity index (χ0) is 15.2. The molecule has 0 unspecified atom stereocenters. The summed E-state index contributed by atoms with van der Waals surface area (Å²) < 4.78 is 22.3. The second kappa shape index (κ2) is 6.65. The molecule has 1 aromatic carbocycles. The molecule has 1 amide bonds. The van der Waals surface area contributed by atoms with E-state index >= 15 is 0 Å². The van der Waals surface area contributed by atoms with Gasteiger partial charge in [0.2, 0.25) is 0 Å². The molecule has 0 radical (unpaired) electrons. The number of ether oxygens (including phenoxy) is 1. The van der Waals surface area contributed by atoms with Crippen LogP contribution in [0.15, 0.2) is 34.9 Å². The Morgan fingerprint density at radius 2 is 2.05 bits per heavy atom. The number of carbonyl (C=O) groups excluding carboxylic acids is 2. The molecule has 0 atom stereocenters. The fraction of sp³-hybridized carbons (Fsp3) is 0.214. The Labute approximate surface area is 119 Å². The van der Waals surface area contributed by atoms with E-state index in [0.29, 0.717) is 11.3 Å². The highest BCUT2D eigenvalue weighted by Gasteiger charge is 2.10. The van der Waals surface area contributed by atoms with E-state index in [-0.39, 0.29) is 18.1 Å². The lowest BCUT2D eigenvalue weighted by Gasteiger charge is -2.04. The van der Waals surface area contributed by atoms with Crippen LogP contribution >= 0.6 is 0 Å². The average molecular weight is 292 g/mol. The topological polar surface area (TPSA) is 81.4 Å². The van der Waals surface area contributed by atoms with Gasteiger partial charge in [0.05, 0.1) is 6.42 Å². The Hall–Kier alpha value is -2.70. The summed E-state index contributed by atoms with van der Waals surface area (Å²) in [6.07, 6.45) is -0.0311. The molecule has 0 spiro atoms. The van der Waals surface area contributed by atoms with Crippen LogP contribution < -0.4 is 5.32 Å². The monoisotopic (exact) mass is 292 g/mol. The summed E-state index contributed by atoms with van der Waals surface area (Å²) in [5.41, 5.74) is 0.605. The minimum Gasteiger partial charge on any atom is -0.455 e. The quantitative estimate of drug-likeness (QED) is 0.850. The molecule has 0 saturated heterocycles. The number of amides is 1. The number of nitrogens with one attached hydrogen (secondary N) is 1. The predicted octanol–water partition coefficient (Wildman–Crippen LogP) is 1.85. The van der Waals surface area contributed by atoms with Crippen LogP contribution in [0.2, 0.25) is 0 Å². The molecule has 1 N–H and O–H groups in total. The second-order valence-corrected chi connectivity index (χ2v) is 4.33. The van der Waals surface area contributed by atoms with E-state index in [9.17, 15) is 14.0 Å². The van der Waals surface area contributed by atoms with E-state index in [4.69, 9.17) is 9.26 Å². The first-order valence-electron chi connectivity index (χ1n) is 6.16. The number of rotatable bonds is 5. The molecule has 0 aliphatic carbocycles. The molecule has 2 rings (SSSR count). The fourth-order valence-electron chi connectivity index (χ4n) is 1.57. The van der Waals surface area contributed by atoms with Crippen molar-refractivity contribution in [3.8, 4) is 0 Å². The lowest BCUT2D eigenvalue weighted by Crippen LogP contribution is -2.21. The van der Waals surface area contributed by atoms with Gasteiger partial charge in [0.25, 0.3) is 5.91 Å². The molecule has 0 saturated carbocycles. The molecule has 0 fully saturated rings. The van der Waals surface area contributed by atoms with Crippen molar-refractivity contribution in [1.29, 1.82) is 0 Å². The number of hydrogen-bond acceptors (Lipinski definition) is 5. The van der Waals surface area contributed by atoms with Crippen LogP contribution in [0.25, 0.3) is 0 Å². The summed E-state index contributed by atoms with van der Waals surface area (Å²) in [4.78, 5) is 23.0. The molecule has 0 bridgehead atoms. The van der Waals surface area contributed by atoms with Gasteiger partial charge in [-0.25, -0.2) is 4.39 Å². The first kappa shape index (κ1) is 14.7. The van der Waals surface area contributed by atoms with Crippen molar-refractivity contribution < 1.29 is 23.2 Å². The first-order valence-corrected chi connectivity index (χ1v) is 6.16. The number of aryl methyl sites for hydroxylation is 1. The van der Waals surface area contributed by atoms with Gasteiger partial charge in [0, 0.05) is 6.07 Å². The Kier molecular flexibility index (Phi) is 4.65. The molecule has 0 aliphatic heterocycles. The molecular formula is C14H13FN2O4. The fourth-order valence-corrected chi connectivity index (χ4v) is 1.57. The number of benzene rings is 1. The number of hydrogen-bond donors (Lipinski definition) is 1. The number of carbonyl (C=O) groups is 2. The van der Waals surface area contributed by atoms with Crippen molar-refractivity contribution >= 4 is 17.7 Å². The van der Waals surface area contributed by atoms with Crippen molar-refractivity contribution in [3.05, 3.63) is 47.5 Å². The van der Waals surface area contributed by atoms with E-state index < -0.39 is 18.5 Å². The minimum absolute atomic E-state index is 0.0311. The van der Waals surface area contributed by atoms with E-state index in [0.717, 1.165) is 0 Å². The van der Waals surface area contributed by atoms with Gasteiger partial charge in [0.15, 0.2) is 12.4 Å². The van der Waals surface area contributed by atoms with Gasteiger partial charge in [0.1, 0.15) is 11.6 Å². The maximum Gasteiger partial charge on any atom is 0.310 e. The maximum atomic E-state index is 12.7. The molecule has 110 valence electrons. The van der Waals surface area contributed by atoms with E-state index in [1.54, 1.807) is 6.92 Å². The molecule has 1 aromatic heterocycles. The van der Waals surface area contributed by atoms with Crippen LogP contribution in [-0.4, -0.2) is 23.6 Å². The van der Waals surface area contributed by atoms with Crippen LogP contribution in [0.4, 0.5) is 10.2 Å². The van der Waals surface area contributed by atoms with Gasteiger partial charge in [-0.2, -0.15) is 0 Å². The van der Waals surface area contributed by atoms with Crippen molar-refractivity contribution in [1.82, 2.24) is 5.16 Å². The summed E-state index contributed by atoms with van der Waals surface area (Å²) >= 11 is 0. The summed E-state index contributed by atoms with van der Waals surface area (Å²) in [6.45, 7) is 1.26. The van der Waals surface area contributed by atoms with Gasteiger partial charge < -0.3 is 14.6 Å². The van der Waals surface area contributed by atoms with Gasteiger partial charge >= 0.3 is 5.97 Å². The third kappa shape index (κ3) is 4.72. The number of anilines is 1. The van der Waals surface area contributed by atoms with E-state index in [1.165, 1.54) is 30.3 Å². The molecule has 2 aromatic rings. The maximum absolute atomic E-state index is 12.7. The van der Waals surface area contributed by atoms with Crippen LogP contribution in [0.5, 0.6) is 0 Å². The molecule has 6 nitrogen and oxygen atoms in total. The van der Waals surface area contributed by atoms with E-state index in [1.807, 2.05) is 0 Å². The standard InChI is InChI=1S/C14H13FN2O4/c1-9-6-12(17-21-9)16-13(18)8-20-14(19)7-10-2-4-11(15)5-3-10/h2-6H,7-8H2,1H3,(H,16,17,18). The summed E-state index contributed by atoms with van der Waals surface area (Å²) in [5, 5.41) is 5.99. The van der Waals surface area contributed by atoms with Gasteiger partial charge in [-0.05, 0) is 24.6 Å². The number of aromatic nitrogens is 1. The third-order valence-electron chi connectivity index (χ3n) is 2.52. The Balaban J connectivity index is 1.75. The van der Waals surface area contributed by atoms with Gasteiger partial charge in [-0.3, -0.25) is 9.59 Å². The smallest absolute Gasteiger partial charge is 0.310 e. The molecule has 1 heterocycles. The van der Waals surface area contributed by atoms with Crippen LogP contribution in [0.1, 0.15) is 11.3 Å². The van der Waals surface area contributed by atoms with Gasteiger partial charge in [-0.15, -0.1) is 0 Å². The second-order valence-electron chi connectivity index (χ2n) is 4.33. The van der Waals surface area contributed by atoms with Crippen LogP contribution in [0.3, 0.4) is 0 Å². The largest absolute Gasteiger partial charge is 0.455 e. The highest BCUT2D eigenvalue weighted by molar-refractivity contribution is 5.92. The Morgan fingerprint density at radius 1 is 1.33 bits per heavy atom. The summed E-state index contributed by atoms with van der Waals surface area (Å²) in [5.74, 6) is -0.663.